The summed E-state index contributed by atoms with van der Waals surface area (Å²) in [5, 5.41) is 14.7. The van der Waals surface area contributed by atoms with Crippen LogP contribution in [-0.4, -0.2) is 68.4 Å². The highest BCUT2D eigenvalue weighted by molar-refractivity contribution is 7.21. The van der Waals surface area contributed by atoms with Gasteiger partial charge in [0.15, 0.2) is 11.6 Å². The summed E-state index contributed by atoms with van der Waals surface area (Å²) in [4.78, 5) is 47.9. The number of imidazole rings is 1. The zero-order chi connectivity index (χ0) is 45.4. The second kappa shape index (κ2) is 14.5. The third-order valence-corrected chi connectivity index (χ3v) is 15.3. The molecule has 1 N–H and O–H groups in total. The van der Waals surface area contributed by atoms with Crippen molar-refractivity contribution in [3.8, 4) is 17.2 Å². The number of aromatic amines is 1. The fourth-order valence-electron chi connectivity index (χ4n) is 10.7. The van der Waals surface area contributed by atoms with Crippen molar-refractivity contribution in [2.24, 2.45) is 13.0 Å². The molecule has 11 rings (SSSR count). The second-order valence-electron chi connectivity index (χ2n) is 18.7. The lowest BCUT2D eigenvalue weighted by Crippen LogP contribution is -2.39. The largest absolute Gasteiger partial charge is 0.438 e. The van der Waals surface area contributed by atoms with Gasteiger partial charge in [-0.1, -0.05) is 24.2 Å². The highest BCUT2D eigenvalue weighted by Gasteiger charge is 2.59. The van der Waals surface area contributed by atoms with Gasteiger partial charge in [0.05, 0.1) is 56.1 Å². The molecule has 1 saturated carbocycles. The van der Waals surface area contributed by atoms with E-state index in [9.17, 15) is 9.59 Å². The zero-order valence-corrected chi connectivity index (χ0v) is 37.8. The number of halogens is 2. The number of hydrogen-bond acceptors (Lipinski definition) is 9. The number of rotatable bonds is 7. The van der Waals surface area contributed by atoms with Crippen LogP contribution in [0, 0.1) is 31.4 Å². The van der Waals surface area contributed by atoms with Crippen LogP contribution in [0.25, 0.3) is 38.2 Å². The fraction of sp³-hybridized carbons (Fsp3) is 0.375. The van der Waals surface area contributed by atoms with Crippen LogP contribution in [0.1, 0.15) is 108 Å². The molecule has 0 bridgehead atoms. The van der Waals surface area contributed by atoms with Gasteiger partial charge >= 0.3 is 11.4 Å². The number of aromatic nitrogens is 8. The number of benzene rings is 3. The first-order valence-corrected chi connectivity index (χ1v) is 22.8. The van der Waals surface area contributed by atoms with Crippen LogP contribution in [0.4, 0.5) is 8.78 Å². The Morgan fingerprint density at radius 1 is 0.969 bits per heavy atom. The molecule has 7 heterocycles. The number of thiophene rings is 1. The summed E-state index contributed by atoms with van der Waals surface area (Å²) in [7, 11) is 1.72. The Kier molecular flexibility index (Phi) is 9.22. The maximum atomic E-state index is 16.1. The molecule has 8 aromatic rings. The molecular formula is C48H47F2N9O5S. The van der Waals surface area contributed by atoms with E-state index < -0.39 is 28.7 Å². The lowest BCUT2D eigenvalue weighted by Gasteiger charge is -2.35. The van der Waals surface area contributed by atoms with Crippen LogP contribution >= 0.6 is 11.3 Å². The Morgan fingerprint density at radius 2 is 1.72 bits per heavy atom. The summed E-state index contributed by atoms with van der Waals surface area (Å²) >= 11 is 1.44. The average molecular weight is 900 g/mol. The first-order valence-electron chi connectivity index (χ1n) is 21.9. The minimum Gasteiger partial charge on any atom is -0.376 e. The van der Waals surface area contributed by atoms with Crippen molar-refractivity contribution in [2.75, 3.05) is 13.2 Å². The quantitative estimate of drug-likeness (QED) is 0.168. The van der Waals surface area contributed by atoms with E-state index in [0.29, 0.717) is 76.1 Å². The number of fused-ring (bicyclic) bond motifs is 3. The molecular weight excluding hydrogens is 853 g/mol. The molecule has 0 spiro atoms. The molecule has 1 saturated heterocycles. The summed E-state index contributed by atoms with van der Waals surface area (Å²) < 4.78 is 49.2. The Labute approximate surface area is 375 Å². The molecule has 0 radical (unpaired) electrons. The lowest BCUT2D eigenvalue weighted by atomic mass is 9.83. The van der Waals surface area contributed by atoms with Gasteiger partial charge in [0.1, 0.15) is 11.6 Å². The summed E-state index contributed by atoms with van der Waals surface area (Å²) in [6.45, 7) is 12.6. The second-order valence-corrected chi connectivity index (χ2v) is 19.8. The van der Waals surface area contributed by atoms with Crippen molar-refractivity contribution in [3.63, 3.8) is 0 Å². The molecule has 65 heavy (non-hydrogen) atoms. The standard InChI is InChI=1S/C48H47F2N9O5S/c1-24-18-30(19-25(2)39(24)49)59-42(58-16-15-57(46(58)62)35-11-10-34-32(40(35)50)23-51-55(34)7)37-27(4)56(14-12-33(37)53-59)43(60)41-38(48(21-26(48)3)44-52-45(61)64-54-44)31-9-8-28(20-36(31)65-41)29-13-17-63-47(5,6)22-29/h8-11,15-16,18-20,23,26-27,29H,12-14,17,21-22H2,1-7H3,(H,52,54,61)/t26-,27-,29?,48?/m0/s1. The van der Waals surface area contributed by atoms with E-state index >= 15 is 13.6 Å². The van der Waals surface area contributed by atoms with Gasteiger partial charge < -0.3 is 9.64 Å². The highest BCUT2D eigenvalue weighted by atomic mass is 32.1. The Morgan fingerprint density at radius 3 is 2.43 bits per heavy atom. The maximum absolute atomic E-state index is 16.1. The van der Waals surface area contributed by atoms with E-state index in [1.165, 1.54) is 38.4 Å². The van der Waals surface area contributed by atoms with Gasteiger partial charge in [-0.25, -0.2) is 23.1 Å². The number of nitrogens with one attached hydrogen (secondary N) is 1. The van der Waals surface area contributed by atoms with Crippen LogP contribution in [0.15, 0.2) is 75.2 Å². The molecule has 4 atom stereocenters. The molecule has 14 nitrogen and oxygen atoms in total. The van der Waals surface area contributed by atoms with E-state index in [0.717, 1.165) is 28.5 Å². The van der Waals surface area contributed by atoms with Crippen LogP contribution in [-0.2, 0) is 23.6 Å². The highest BCUT2D eigenvalue weighted by Crippen LogP contribution is 2.61. The molecule has 5 aromatic heterocycles. The predicted molar refractivity (Wildman–Crippen MR) is 241 cm³/mol. The Hall–Kier alpha value is -6.46. The minimum atomic E-state index is -0.763. The van der Waals surface area contributed by atoms with E-state index in [2.05, 4.69) is 54.2 Å². The van der Waals surface area contributed by atoms with Gasteiger partial charge in [0.25, 0.3) is 5.91 Å². The first-order chi connectivity index (χ1) is 31.1. The normalized spacial score (nSPS) is 21.7. The number of carbonyl (C=O) groups excluding carboxylic acids is 1. The first kappa shape index (κ1) is 41.3. The summed E-state index contributed by atoms with van der Waals surface area (Å²) in [6, 6.07) is 12.5. The lowest BCUT2D eigenvalue weighted by molar-refractivity contribution is -0.0592. The summed E-state index contributed by atoms with van der Waals surface area (Å²) in [5.74, 6) is -0.732. The third kappa shape index (κ3) is 6.25. The fourth-order valence-corrected chi connectivity index (χ4v) is 12.0. The predicted octanol–water partition coefficient (Wildman–Crippen LogP) is 8.24. The van der Waals surface area contributed by atoms with E-state index in [-0.39, 0.29) is 40.2 Å². The Bertz CT molecular complexity index is 3380. The zero-order valence-electron chi connectivity index (χ0n) is 37.0. The van der Waals surface area contributed by atoms with Gasteiger partial charge in [0, 0.05) is 49.3 Å². The maximum Gasteiger partial charge on any atom is 0.438 e. The number of H-pyrrole nitrogens is 1. The SMILES string of the molecule is Cc1cc(-n2nc3c(c2-n2ccn(-c4ccc5c(cnn5C)c4F)c2=O)[C@H](C)N(C(=O)c2sc4cc(C5CCOC(C)(C)C5)ccc4c2C2(c4noc(=O)[nH]4)C[C@@H]2C)CC3)cc(C)c1F. The van der Waals surface area contributed by atoms with Gasteiger partial charge in [-0.05, 0) is 124 Å². The van der Waals surface area contributed by atoms with E-state index in [4.69, 9.17) is 14.4 Å². The van der Waals surface area contributed by atoms with Crippen molar-refractivity contribution >= 4 is 38.2 Å². The third-order valence-electron chi connectivity index (χ3n) is 14.2. The van der Waals surface area contributed by atoms with Crippen molar-refractivity contribution in [1.29, 1.82) is 0 Å². The number of ether oxygens (including phenoxy) is 1. The van der Waals surface area contributed by atoms with Crippen molar-refractivity contribution < 1.29 is 22.8 Å². The Balaban J connectivity index is 1.06. The van der Waals surface area contributed by atoms with E-state index in [1.807, 2.05) is 11.8 Å². The molecule has 2 unspecified atom stereocenters. The van der Waals surface area contributed by atoms with Crippen LogP contribution in [0.3, 0.4) is 0 Å². The van der Waals surface area contributed by atoms with Crippen molar-refractivity contribution in [2.45, 2.75) is 90.2 Å². The van der Waals surface area contributed by atoms with Gasteiger partial charge in [-0.15, -0.1) is 11.3 Å². The molecule has 3 aliphatic rings. The molecule has 1 aliphatic carbocycles. The van der Waals surface area contributed by atoms with Gasteiger partial charge in [-0.2, -0.15) is 10.2 Å². The molecule has 2 aliphatic heterocycles. The van der Waals surface area contributed by atoms with Crippen LogP contribution in [0.2, 0.25) is 0 Å². The van der Waals surface area contributed by atoms with Crippen LogP contribution in [0.5, 0.6) is 0 Å². The number of hydrogen-bond donors (Lipinski definition) is 1. The number of carbonyl (C=O) groups is 1. The van der Waals surface area contributed by atoms with Crippen LogP contribution < -0.4 is 11.4 Å². The molecule has 334 valence electrons. The number of amides is 1. The van der Waals surface area contributed by atoms with E-state index in [1.54, 1.807) is 60.7 Å². The summed E-state index contributed by atoms with van der Waals surface area (Å²) in [5.41, 5.74) is 3.67. The van der Waals surface area contributed by atoms with Gasteiger partial charge in [0.2, 0.25) is 0 Å². The number of nitrogens with zero attached hydrogens (tertiary/aromatic N) is 8. The van der Waals surface area contributed by atoms with Gasteiger partial charge in [-0.3, -0.25) is 28.1 Å². The topological polar surface area (TPSA) is 151 Å². The average Bonchev–Trinajstić information content (AvgIpc) is 3.90. The molecule has 2 fully saturated rings. The number of aryl methyl sites for hydroxylation is 3. The molecule has 3 aromatic carbocycles. The molecule has 17 heteroatoms. The van der Waals surface area contributed by atoms with Crippen molar-refractivity contribution in [3.05, 3.63) is 138 Å². The monoisotopic (exact) mass is 899 g/mol. The minimum absolute atomic E-state index is 0.0426. The van der Waals surface area contributed by atoms with Crippen molar-refractivity contribution in [1.82, 2.24) is 43.7 Å². The smallest absolute Gasteiger partial charge is 0.376 e. The molecule has 1 amide bonds. The summed E-state index contributed by atoms with van der Waals surface area (Å²) in [6.07, 6.45) is 7.27.